The van der Waals surface area contributed by atoms with E-state index < -0.39 is 0 Å². The van der Waals surface area contributed by atoms with Crippen LogP contribution < -0.4 is 0 Å². The summed E-state index contributed by atoms with van der Waals surface area (Å²) >= 11 is 3.38. The molecule has 0 amide bonds. The number of hydrogen-bond donors (Lipinski definition) is 0. The van der Waals surface area contributed by atoms with Crippen molar-refractivity contribution < 1.29 is 4.74 Å². The van der Waals surface area contributed by atoms with Crippen LogP contribution in [0.4, 0.5) is 0 Å². The third-order valence-electron chi connectivity index (χ3n) is 4.69. The van der Waals surface area contributed by atoms with Gasteiger partial charge in [0.2, 0.25) is 0 Å². The topological polar surface area (TPSA) is 9.23 Å². The first kappa shape index (κ1) is 11.7. The normalized spacial score (nSPS) is 36.3. The molecule has 0 N–H and O–H groups in total. The summed E-state index contributed by atoms with van der Waals surface area (Å²) in [4.78, 5) is 0. The van der Waals surface area contributed by atoms with Crippen molar-refractivity contribution in [3.05, 3.63) is 12.2 Å². The molecule has 3 aliphatic carbocycles. The number of halogens is 1. The molecule has 2 atom stereocenters. The van der Waals surface area contributed by atoms with E-state index >= 15 is 0 Å². The van der Waals surface area contributed by atoms with E-state index in [1.54, 1.807) is 0 Å². The summed E-state index contributed by atoms with van der Waals surface area (Å²) in [5.41, 5.74) is 0.946. The smallest absolute Gasteiger partial charge is 0.0563 e. The maximum absolute atomic E-state index is 5.59. The minimum Gasteiger partial charge on any atom is -0.381 e. The molecule has 86 valence electrons. The van der Waals surface area contributed by atoms with Crippen molar-refractivity contribution in [2.75, 3.05) is 18.5 Å². The van der Waals surface area contributed by atoms with E-state index in [0.717, 1.165) is 24.5 Å². The minimum atomic E-state index is 0.447. The third-order valence-corrected chi connectivity index (χ3v) is 5.01. The van der Waals surface area contributed by atoms with Gasteiger partial charge in [0.25, 0.3) is 0 Å². The van der Waals surface area contributed by atoms with Gasteiger partial charge in [0.1, 0.15) is 0 Å². The quantitative estimate of drug-likeness (QED) is 0.421. The van der Waals surface area contributed by atoms with Crippen LogP contribution in [-0.4, -0.2) is 18.5 Å². The van der Waals surface area contributed by atoms with Gasteiger partial charge in [-0.15, -0.1) is 0 Å². The molecule has 3 rings (SSSR count). The molecule has 0 radical (unpaired) electrons. The Morgan fingerprint density at radius 1 is 1.40 bits per heavy atom. The molecular formula is C13H21BrO. The second-order valence-electron chi connectivity index (χ2n) is 5.47. The monoisotopic (exact) mass is 272 g/mol. The fraction of sp³-hybridized carbons (Fsp3) is 0.846. The van der Waals surface area contributed by atoms with Crippen molar-refractivity contribution in [1.82, 2.24) is 0 Å². The van der Waals surface area contributed by atoms with E-state index in [1.165, 1.54) is 19.3 Å². The van der Waals surface area contributed by atoms with Gasteiger partial charge in [-0.2, -0.15) is 0 Å². The lowest BCUT2D eigenvalue weighted by molar-refractivity contribution is -0.108. The third kappa shape index (κ3) is 1.80. The molecule has 1 fully saturated rings. The standard InChI is InChI=1S/C13H21BrO/c1-12(2)11-4-3-5-13(12,10-11)6-8-15-9-7-14/h3,5,11H,4,6-10H2,1-2H3. The Morgan fingerprint density at radius 2 is 2.20 bits per heavy atom. The van der Waals surface area contributed by atoms with Crippen LogP contribution in [0.25, 0.3) is 0 Å². The van der Waals surface area contributed by atoms with Crippen molar-refractivity contribution in [1.29, 1.82) is 0 Å². The van der Waals surface area contributed by atoms with Crippen molar-refractivity contribution in [3.63, 3.8) is 0 Å². The van der Waals surface area contributed by atoms with Gasteiger partial charge < -0.3 is 4.74 Å². The molecule has 0 heterocycles. The highest BCUT2D eigenvalue weighted by molar-refractivity contribution is 9.09. The number of fused-ring (bicyclic) bond motifs is 1. The molecule has 0 spiro atoms. The molecule has 2 heteroatoms. The summed E-state index contributed by atoms with van der Waals surface area (Å²) in [6.45, 7) is 6.60. The Morgan fingerprint density at radius 3 is 2.80 bits per heavy atom. The van der Waals surface area contributed by atoms with Crippen molar-refractivity contribution in [2.45, 2.75) is 33.1 Å². The lowest BCUT2D eigenvalue weighted by Gasteiger charge is -2.63. The predicted octanol–water partition coefficient (Wildman–Crippen LogP) is 3.78. The van der Waals surface area contributed by atoms with E-state index in [-0.39, 0.29) is 0 Å². The van der Waals surface area contributed by atoms with Crippen LogP contribution in [-0.2, 0) is 4.74 Å². The molecule has 1 nitrogen and oxygen atoms in total. The van der Waals surface area contributed by atoms with Gasteiger partial charge in [-0.3, -0.25) is 0 Å². The zero-order valence-corrected chi connectivity index (χ0v) is 11.3. The molecule has 1 saturated carbocycles. The van der Waals surface area contributed by atoms with Gasteiger partial charge >= 0.3 is 0 Å². The maximum atomic E-state index is 5.59. The molecule has 0 aromatic heterocycles. The highest BCUT2D eigenvalue weighted by Crippen LogP contribution is 2.66. The molecule has 2 bridgehead atoms. The Balaban J connectivity index is 1.90. The van der Waals surface area contributed by atoms with Gasteiger partial charge in [0, 0.05) is 11.9 Å². The first-order chi connectivity index (χ1) is 7.12. The van der Waals surface area contributed by atoms with Crippen LogP contribution in [0.2, 0.25) is 0 Å². The fourth-order valence-electron chi connectivity index (χ4n) is 3.27. The Labute approximate surface area is 101 Å². The molecule has 0 aliphatic heterocycles. The van der Waals surface area contributed by atoms with Crippen LogP contribution in [0.5, 0.6) is 0 Å². The van der Waals surface area contributed by atoms with E-state index in [9.17, 15) is 0 Å². The predicted molar refractivity (Wildman–Crippen MR) is 67.3 cm³/mol. The molecule has 3 aliphatic rings. The summed E-state index contributed by atoms with van der Waals surface area (Å²) in [7, 11) is 0. The summed E-state index contributed by atoms with van der Waals surface area (Å²) in [6.07, 6.45) is 8.71. The van der Waals surface area contributed by atoms with Crippen LogP contribution in [0.1, 0.15) is 33.1 Å². The lowest BCUT2D eigenvalue weighted by Crippen LogP contribution is -2.56. The molecule has 0 aromatic rings. The fourth-order valence-corrected chi connectivity index (χ4v) is 3.50. The highest BCUT2D eigenvalue weighted by atomic mass is 79.9. The van der Waals surface area contributed by atoms with Gasteiger partial charge in [0.05, 0.1) is 6.61 Å². The van der Waals surface area contributed by atoms with Gasteiger partial charge in [-0.1, -0.05) is 41.9 Å². The summed E-state index contributed by atoms with van der Waals surface area (Å²) in [5, 5.41) is 0.946. The second-order valence-corrected chi connectivity index (χ2v) is 6.26. The van der Waals surface area contributed by atoms with E-state index in [1.807, 2.05) is 0 Å². The van der Waals surface area contributed by atoms with E-state index in [2.05, 4.69) is 41.9 Å². The first-order valence-electron chi connectivity index (χ1n) is 5.94. The summed E-state index contributed by atoms with van der Waals surface area (Å²) in [5.74, 6) is 0.915. The Bertz CT molecular complexity index is 259. The lowest BCUT2D eigenvalue weighted by atomic mass is 9.41. The van der Waals surface area contributed by atoms with Crippen LogP contribution in [0, 0.1) is 16.7 Å². The van der Waals surface area contributed by atoms with Gasteiger partial charge in [-0.25, -0.2) is 0 Å². The number of hydrogen-bond acceptors (Lipinski definition) is 1. The van der Waals surface area contributed by atoms with E-state index in [4.69, 9.17) is 4.74 Å². The average molecular weight is 273 g/mol. The van der Waals surface area contributed by atoms with Crippen LogP contribution in [0.3, 0.4) is 0 Å². The van der Waals surface area contributed by atoms with Crippen LogP contribution >= 0.6 is 15.9 Å². The summed E-state index contributed by atoms with van der Waals surface area (Å²) in [6, 6.07) is 0. The first-order valence-corrected chi connectivity index (χ1v) is 7.06. The zero-order chi connectivity index (χ0) is 10.9. The number of allylic oxidation sites excluding steroid dienone is 2. The summed E-state index contributed by atoms with van der Waals surface area (Å²) < 4.78 is 5.59. The zero-order valence-electron chi connectivity index (χ0n) is 9.76. The molecule has 15 heavy (non-hydrogen) atoms. The SMILES string of the molecule is CC1(C)C2CC=CC1(CCOCCBr)C2. The minimum absolute atomic E-state index is 0.447. The van der Waals surface area contributed by atoms with Gasteiger partial charge in [0.15, 0.2) is 0 Å². The van der Waals surface area contributed by atoms with Crippen molar-refractivity contribution >= 4 is 15.9 Å². The van der Waals surface area contributed by atoms with Crippen molar-refractivity contribution in [2.24, 2.45) is 16.7 Å². The number of alkyl halides is 1. The Kier molecular flexibility index (Phi) is 3.27. The molecule has 0 aromatic carbocycles. The molecule has 0 saturated heterocycles. The maximum Gasteiger partial charge on any atom is 0.0563 e. The highest BCUT2D eigenvalue weighted by Gasteiger charge is 2.58. The van der Waals surface area contributed by atoms with Gasteiger partial charge in [-0.05, 0) is 36.0 Å². The van der Waals surface area contributed by atoms with E-state index in [0.29, 0.717) is 10.8 Å². The number of rotatable bonds is 5. The average Bonchev–Trinajstić information content (AvgIpc) is 2.25. The molecular weight excluding hydrogens is 252 g/mol. The number of ether oxygens (including phenoxy) is 1. The van der Waals surface area contributed by atoms with Crippen LogP contribution in [0.15, 0.2) is 12.2 Å². The Hall–Kier alpha value is 0.180. The second kappa shape index (κ2) is 4.21. The largest absolute Gasteiger partial charge is 0.381 e. The van der Waals surface area contributed by atoms with Crippen molar-refractivity contribution in [3.8, 4) is 0 Å². The molecule has 2 unspecified atom stereocenters.